The van der Waals surface area contributed by atoms with Crippen LogP contribution in [0.5, 0.6) is 0 Å². The van der Waals surface area contributed by atoms with Crippen molar-refractivity contribution in [3.8, 4) is 11.4 Å². The van der Waals surface area contributed by atoms with Crippen molar-refractivity contribution in [1.29, 1.82) is 0 Å². The number of anilines is 1. The van der Waals surface area contributed by atoms with Gasteiger partial charge in [0.2, 0.25) is 11.1 Å². The Balaban J connectivity index is 1.57. The molecular weight excluding hydrogens is 389 g/mol. The third-order valence-corrected chi connectivity index (χ3v) is 5.14. The number of aryl methyl sites for hydroxylation is 1. The van der Waals surface area contributed by atoms with E-state index in [-0.39, 0.29) is 17.3 Å². The van der Waals surface area contributed by atoms with E-state index in [1.807, 2.05) is 65.1 Å². The summed E-state index contributed by atoms with van der Waals surface area (Å²) in [5, 5.41) is 11.7. The smallest absolute Gasteiger partial charge is 0.234 e. The minimum atomic E-state index is -0.469. The van der Waals surface area contributed by atoms with E-state index in [1.165, 1.54) is 23.9 Å². The van der Waals surface area contributed by atoms with Crippen molar-refractivity contribution >= 4 is 23.4 Å². The third kappa shape index (κ3) is 4.22. The Morgan fingerprint density at radius 1 is 1.03 bits per heavy atom. The van der Waals surface area contributed by atoms with Gasteiger partial charge < -0.3 is 5.32 Å². The second kappa shape index (κ2) is 8.32. The molecule has 0 aliphatic carbocycles. The highest BCUT2D eigenvalue weighted by molar-refractivity contribution is 7.99. The first-order chi connectivity index (χ1) is 14.1. The molecule has 0 radical (unpaired) electrons. The molecule has 1 amide bonds. The van der Waals surface area contributed by atoms with Gasteiger partial charge in [-0.2, -0.15) is 0 Å². The van der Waals surface area contributed by atoms with Gasteiger partial charge in [-0.05, 0) is 31.2 Å². The van der Waals surface area contributed by atoms with Crippen molar-refractivity contribution in [2.24, 2.45) is 0 Å². The molecule has 146 valence electrons. The number of carbonyl (C=O) groups excluding carboxylic acids is 1. The topological polar surface area (TPSA) is 64.7 Å². The minimum absolute atomic E-state index is 0.0711. The normalized spacial score (nSPS) is 10.8. The van der Waals surface area contributed by atoms with Gasteiger partial charge in [0, 0.05) is 18.0 Å². The van der Waals surface area contributed by atoms with Crippen LogP contribution in [0.15, 0.2) is 78.2 Å². The number of hydrogen-bond donors (Lipinski definition) is 1. The molecule has 0 saturated heterocycles. The zero-order valence-corrected chi connectivity index (χ0v) is 16.4. The van der Waals surface area contributed by atoms with Crippen LogP contribution in [0.25, 0.3) is 11.4 Å². The Kier molecular flexibility index (Phi) is 5.44. The largest absolute Gasteiger partial charge is 0.323 e. The lowest BCUT2D eigenvalue weighted by Crippen LogP contribution is -2.16. The summed E-state index contributed by atoms with van der Waals surface area (Å²) in [7, 11) is 0. The van der Waals surface area contributed by atoms with Gasteiger partial charge in [0.05, 0.1) is 11.4 Å². The number of para-hydroxylation sites is 1. The number of halogens is 1. The fraction of sp³-hybridized carbons (Fsp3) is 0.0952. The number of benzene rings is 2. The predicted octanol–water partition coefficient (Wildman–Crippen LogP) is 4.24. The zero-order chi connectivity index (χ0) is 20.2. The van der Waals surface area contributed by atoms with Gasteiger partial charge in [-0.15, -0.1) is 10.2 Å². The summed E-state index contributed by atoms with van der Waals surface area (Å²) in [5.74, 6) is -0.0537. The Hall–Kier alpha value is -3.39. The molecule has 8 heteroatoms. The van der Waals surface area contributed by atoms with E-state index in [4.69, 9.17) is 0 Å². The summed E-state index contributed by atoms with van der Waals surface area (Å²) in [4.78, 5) is 12.3. The van der Waals surface area contributed by atoms with Crippen molar-refractivity contribution in [3.05, 3.63) is 84.4 Å². The van der Waals surface area contributed by atoms with Crippen LogP contribution in [0, 0.1) is 12.7 Å². The number of aromatic nitrogens is 4. The number of rotatable bonds is 6. The summed E-state index contributed by atoms with van der Waals surface area (Å²) >= 11 is 1.23. The SMILES string of the molecule is Cc1ccc(-c2nnc(SCC(=O)Nc3ccccc3F)n2-n2cccc2)cc1. The van der Waals surface area contributed by atoms with Crippen LogP contribution in [-0.4, -0.2) is 31.2 Å². The molecule has 0 aliphatic heterocycles. The van der Waals surface area contributed by atoms with E-state index >= 15 is 0 Å². The molecule has 0 saturated carbocycles. The number of nitrogens with one attached hydrogen (secondary N) is 1. The van der Waals surface area contributed by atoms with E-state index < -0.39 is 5.82 Å². The van der Waals surface area contributed by atoms with Crippen LogP contribution in [-0.2, 0) is 4.79 Å². The maximum atomic E-state index is 13.7. The van der Waals surface area contributed by atoms with Crippen LogP contribution in [0.1, 0.15) is 5.56 Å². The fourth-order valence-electron chi connectivity index (χ4n) is 2.78. The Labute approximate surface area is 171 Å². The molecule has 4 aromatic rings. The van der Waals surface area contributed by atoms with Gasteiger partial charge in [0.25, 0.3) is 0 Å². The minimum Gasteiger partial charge on any atom is -0.323 e. The molecular formula is C21H18FN5OS. The molecule has 6 nitrogen and oxygen atoms in total. The van der Waals surface area contributed by atoms with Gasteiger partial charge in [-0.3, -0.25) is 9.47 Å². The van der Waals surface area contributed by atoms with Gasteiger partial charge in [-0.25, -0.2) is 9.07 Å². The molecule has 0 aliphatic rings. The first kappa shape index (κ1) is 18.9. The maximum Gasteiger partial charge on any atom is 0.234 e. The molecule has 4 rings (SSSR count). The third-order valence-electron chi connectivity index (χ3n) is 4.22. The molecule has 0 spiro atoms. The van der Waals surface area contributed by atoms with Crippen molar-refractivity contribution in [1.82, 2.24) is 19.5 Å². The molecule has 1 N–H and O–H groups in total. The van der Waals surface area contributed by atoms with Crippen molar-refractivity contribution in [3.63, 3.8) is 0 Å². The molecule has 0 unspecified atom stereocenters. The van der Waals surface area contributed by atoms with Crippen LogP contribution >= 0.6 is 11.8 Å². The molecule has 2 aromatic heterocycles. The van der Waals surface area contributed by atoms with Crippen molar-refractivity contribution < 1.29 is 9.18 Å². The lowest BCUT2D eigenvalue weighted by Gasteiger charge is -2.11. The second-order valence-electron chi connectivity index (χ2n) is 6.36. The Bertz CT molecular complexity index is 1120. The van der Waals surface area contributed by atoms with Crippen LogP contribution in [0.3, 0.4) is 0 Å². The monoisotopic (exact) mass is 407 g/mol. The standard InChI is InChI=1S/C21H18FN5OS/c1-15-8-10-16(11-9-15)20-24-25-21(27(20)26-12-4-5-13-26)29-14-19(28)23-18-7-3-2-6-17(18)22/h2-13H,14H2,1H3,(H,23,28). The first-order valence-electron chi connectivity index (χ1n) is 8.95. The number of thioether (sulfide) groups is 1. The molecule has 29 heavy (non-hydrogen) atoms. The molecule has 2 heterocycles. The molecule has 0 atom stereocenters. The van der Waals surface area contributed by atoms with Gasteiger partial charge >= 0.3 is 0 Å². The average Bonchev–Trinajstić information content (AvgIpc) is 3.38. The summed E-state index contributed by atoms with van der Waals surface area (Å²) in [6.07, 6.45) is 3.76. The van der Waals surface area contributed by atoms with E-state index in [1.54, 1.807) is 12.1 Å². The number of amides is 1. The fourth-order valence-corrected chi connectivity index (χ4v) is 3.52. The number of hydrogen-bond acceptors (Lipinski definition) is 4. The maximum absolute atomic E-state index is 13.7. The highest BCUT2D eigenvalue weighted by Crippen LogP contribution is 2.25. The first-order valence-corrected chi connectivity index (χ1v) is 9.93. The Morgan fingerprint density at radius 2 is 1.76 bits per heavy atom. The molecule has 2 aromatic carbocycles. The quantitative estimate of drug-likeness (QED) is 0.486. The van der Waals surface area contributed by atoms with E-state index in [9.17, 15) is 9.18 Å². The van der Waals surface area contributed by atoms with Crippen LogP contribution in [0.2, 0.25) is 0 Å². The van der Waals surface area contributed by atoms with Gasteiger partial charge in [-0.1, -0.05) is 53.7 Å². The average molecular weight is 407 g/mol. The van der Waals surface area contributed by atoms with Crippen molar-refractivity contribution in [2.45, 2.75) is 12.1 Å². The van der Waals surface area contributed by atoms with E-state index in [0.29, 0.717) is 11.0 Å². The summed E-state index contributed by atoms with van der Waals surface area (Å²) < 4.78 is 17.4. The van der Waals surface area contributed by atoms with E-state index in [2.05, 4.69) is 15.5 Å². The Morgan fingerprint density at radius 3 is 2.48 bits per heavy atom. The number of nitrogens with zero attached hydrogens (tertiary/aromatic N) is 4. The van der Waals surface area contributed by atoms with E-state index in [0.717, 1.165) is 11.1 Å². The predicted molar refractivity (Wildman–Crippen MR) is 111 cm³/mol. The summed E-state index contributed by atoms with van der Waals surface area (Å²) in [5.41, 5.74) is 2.23. The van der Waals surface area contributed by atoms with Crippen LogP contribution in [0.4, 0.5) is 10.1 Å². The molecule has 0 fully saturated rings. The summed E-state index contributed by atoms with van der Waals surface area (Å²) in [6, 6.07) is 17.9. The van der Waals surface area contributed by atoms with Crippen LogP contribution < -0.4 is 5.32 Å². The molecule has 0 bridgehead atoms. The van der Waals surface area contributed by atoms with Gasteiger partial charge in [0.15, 0.2) is 5.82 Å². The zero-order valence-electron chi connectivity index (χ0n) is 15.6. The number of carbonyl (C=O) groups is 1. The highest BCUT2D eigenvalue weighted by Gasteiger charge is 2.17. The highest BCUT2D eigenvalue weighted by atomic mass is 32.2. The van der Waals surface area contributed by atoms with Crippen molar-refractivity contribution in [2.75, 3.05) is 11.1 Å². The second-order valence-corrected chi connectivity index (χ2v) is 7.31. The van der Waals surface area contributed by atoms with Gasteiger partial charge in [0.1, 0.15) is 5.82 Å². The lowest BCUT2D eigenvalue weighted by molar-refractivity contribution is -0.113. The lowest BCUT2D eigenvalue weighted by atomic mass is 10.1. The summed E-state index contributed by atoms with van der Waals surface area (Å²) in [6.45, 7) is 2.02.